The number of ketones is 1. The molecule has 0 spiro atoms. The molecule has 4 heteroatoms. The molecule has 1 aliphatic rings. The van der Waals surface area contributed by atoms with E-state index in [0.717, 1.165) is 25.7 Å². The molecule has 0 radical (unpaired) electrons. The zero-order valence-corrected chi connectivity index (χ0v) is 10.2. The van der Waals surface area contributed by atoms with Crippen LogP contribution in [0.2, 0.25) is 0 Å². The molecular formula is C14H16FNO2. The Morgan fingerprint density at radius 2 is 1.50 bits per heavy atom. The summed E-state index contributed by atoms with van der Waals surface area (Å²) in [5.41, 5.74) is 0.255. The summed E-state index contributed by atoms with van der Waals surface area (Å²) in [6.07, 6.45) is 4.11. The van der Waals surface area contributed by atoms with E-state index >= 15 is 0 Å². The number of carbonyl (C=O) groups excluding carboxylic acids is 2. The number of amides is 1. The van der Waals surface area contributed by atoms with E-state index in [0.29, 0.717) is 13.1 Å². The third-order valence-electron chi connectivity index (χ3n) is 3.19. The molecule has 1 heterocycles. The molecule has 1 amide bonds. The summed E-state index contributed by atoms with van der Waals surface area (Å²) in [7, 11) is 0. The highest BCUT2D eigenvalue weighted by Gasteiger charge is 2.23. The summed E-state index contributed by atoms with van der Waals surface area (Å²) >= 11 is 0. The van der Waals surface area contributed by atoms with Gasteiger partial charge in [-0.15, -0.1) is 0 Å². The van der Waals surface area contributed by atoms with Crippen molar-refractivity contribution in [1.82, 2.24) is 4.90 Å². The van der Waals surface area contributed by atoms with Gasteiger partial charge in [0.15, 0.2) is 0 Å². The number of Topliss-reactive ketones (excluding diaryl/α,β-unsaturated/α-hetero) is 1. The lowest BCUT2D eigenvalue weighted by Gasteiger charge is -2.19. The Kier molecular flexibility index (Phi) is 4.07. The van der Waals surface area contributed by atoms with Gasteiger partial charge in [-0.2, -0.15) is 0 Å². The van der Waals surface area contributed by atoms with Crippen molar-refractivity contribution in [3.63, 3.8) is 0 Å². The minimum Gasteiger partial charge on any atom is -0.336 e. The molecule has 2 rings (SSSR count). The SMILES string of the molecule is O=C(C(=O)N1CCCCCC1)c1ccc(F)cc1. The first kappa shape index (κ1) is 12.7. The summed E-state index contributed by atoms with van der Waals surface area (Å²) in [5, 5.41) is 0. The van der Waals surface area contributed by atoms with E-state index in [1.807, 2.05) is 0 Å². The second-order valence-electron chi connectivity index (χ2n) is 4.54. The average molecular weight is 249 g/mol. The Labute approximate surface area is 106 Å². The van der Waals surface area contributed by atoms with Crippen molar-refractivity contribution in [2.75, 3.05) is 13.1 Å². The highest BCUT2D eigenvalue weighted by Crippen LogP contribution is 2.12. The molecular weight excluding hydrogens is 233 g/mol. The highest BCUT2D eigenvalue weighted by molar-refractivity contribution is 6.42. The first-order valence-electron chi connectivity index (χ1n) is 6.27. The van der Waals surface area contributed by atoms with Crippen LogP contribution in [0.15, 0.2) is 24.3 Å². The number of benzene rings is 1. The van der Waals surface area contributed by atoms with Crippen molar-refractivity contribution in [1.29, 1.82) is 0 Å². The Hall–Kier alpha value is -1.71. The van der Waals surface area contributed by atoms with Gasteiger partial charge >= 0.3 is 0 Å². The van der Waals surface area contributed by atoms with E-state index < -0.39 is 17.5 Å². The van der Waals surface area contributed by atoms with Crippen LogP contribution in [0.5, 0.6) is 0 Å². The lowest BCUT2D eigenvalue weighted by atomic mass is 10.1. The smallest absolute Gasteiger partial charge is 0.294 e. The van der Waals surface area contributed by atoms with Crippen LogP contribution in [-0.4, -0.2) is 29.7 Å². The number of likely N-dealkylation sites (tertiary alicyclic amines) is 1. The van der Waals surface area contributed by atoms with Gasteiger partial charge in [0.05, 0.1) is 0 Å². The highest BCUT2D eigenvalue weighted by atomic mass is 19.1. The van der Waals surface area contributed by atoms with E-state index in [4.69, 9.17) is 0 Å². The summed E-state index contributed by atoms with van der Waals surface area (Å²) in [5.74, 6) is -1.42. The van der Waals surface area contributed by atoms with Gasteiger partial charge in [-0.05, 0) is 37.1 Å². The second-order valence-corrected chi connectivity index (χ2v) is 4.54. The van der Waals surface area contributed by atoms with Gasteiger partial charge in [0.25, 0.3) is 5.91 Å². The minimum absolute atomic E-state index is 0.255. The normalized spacial score (nSPS) is 16.2. The molecule has 1 aliphatic heterocycles. The van der Waals surface area contributed by atoms with Crippen LogP contribution in [0.4, 0.5) is 4.39 Å². The fourth-order valence-corrected chi connectivity index (χ4v) is 2.14. The van der Waals surface area contributed by atoms with Gasteiger partial charge in [-0.3, -0.25) is 9.59 Å². The molecule has 0 aliphatic carbocycles. The molecule has 0 unspecified atom stereocenters. The number of halogens is 1. The Morgan fingerprint density at radius 1 is 0.944 bits per heavy atom. The lowest BCUT2D eigenvalue weighted by molar-refractivity contribution is -0.126. The van der Waals surface area contributed by atoms with Crippen LogP contribution in [0, 0.1) is 5.82 Å². The standard InChI is InChI=1S/C14H16FNO2/c15-12-7-5-11(6-8-12)13(17)14(18)16-9-3-1-2-4-10-16/h5-8H,1-4,9-10H2. The van der Waals surface area contributed by atoms with Crippen LogP contribution in [0.3, 0.4) is 0 Å². The number of nitrogens with zero attached hydrogens (tertiary/aromatic N) is 1. The molecule has 1 fully saturated rings. The molecule has 3 nitrogen and oxygen atoms in total. The number of hydrogen-bond donors (Lipinski definition) is 0. The van der Waals surface area contributed by atoms with Crippen molar-refractivity contribution in [3.05, 3.63) is 35.6 Å². The first-order chi connectivity index (χ1) is 8.68. The molecule has 0 atom stereocenters. The molecule has 0 N–H and O–H groups in total. The van der Waals surface area contributed by atoms with Crippen LogP contribution in [0.25, 0.3) is 0 Å². The van der Waals surface area contributed by atoms with E-state index in [1.54, 1.807) is 4.90 Å². The van der Waals surface area contributed by atoms with Gasteiger partial charge in [-0.1, -0.05) is 12.8 Å². The molecule has 96 valence electrons. The Morgan fingerprint density at radius 3 is 2.06 bits per heavy atom. The topological polar surface area (TPSA) is 37.4 Å². The quantitative estimate of drug-likeness (QED) is 0.596. The molecule has 0 saturated carbocycles. The van der Waals surface area contributed by atoms with Crippen molar-refractivity contribution < 1.29 is 14.0 Å². The van der Waals surface area contributed by atoms with Crippen LogP contribution >= 0.6 is 0 Å². The predicted octanol–water partition coefficient (Wildman–Crippen LogP) is 2.41. The van der Waals surface area contributed by atoms with Gasteiger partial charge in [-0.25, -0.2) is 4.39 Å². The molecule has 0 bridgehead atoms. The summed E-state index contributed by atoms with van der Waals surface area (Å²) < 4.78 is 12.8. The van der Waals surface area contributed by atoms with Gasteiger partial charge in [0, 0.05) is 18.7 Å². The molecule has 1 saturated heterocycles. The third-order valence-corrected chi connectivity index (χ3v) is 3.19. The Balaban J connectivity index is 2.07. The second kappa shape index (κ2) is 5.76. The van der Waals surface area contributed by atoms with Crippen molar-refractivity contribution >= 4 is 11.7 Å². The van der Waals surface area contributed by atoms with Gasteiger partial charge in [0.1, 0.15) is 5.82 Å². The number of hydrogen-bond acceptors (Lipinski definition) is 2. The Bertz CT molecular complexity index is 434. The fraction of sp³-hybridized carbons (Fsp3) is 0.429. The zero-order valence-electron chi connectivity index (χ0n) is 10.2. The summed E-state index contributed by atoms with van der Waals surface area (Å²) in [6.45, 7) is 1.29. The van der Waals surface area contributed by atoms with Crippen molar-refractivity contribution in [2.24, 2.45) is 0 Å². The number of carbonyl (C=O) groups is 2. The number of rotatable bonds is 2. The largest absolute Gasteiger partial charge is 0.336 e. The van der Waals surface area contributed by atoms with Crippen LogP contribution in [0.1, 0.15) is 36.0 Å². The molecule has 18 heavy (non-hydrogen) atoms. The maximum atomic E-state index is 12.8. The zero-order chi connectivity index (χ0) is 13.0. The van der Waals surface area contributed by atoms with E-state index in [-0.39, 0.29) is 5.56 Å². The fourth-order valence-electron chi connectivity index (χ4n) is 2.14. The summed E-state index contributed by atoms with van der Waals surface area (Å²) in [6, 6.07) is 5.10. The van der Waals surface area contributed by atoms with Crippen LogP contribution < -0.4 is 0 Å². The van der Waals surface area contributed by atoms with Crippen LogP contribution in [-0.2, 0) is 4.79 Å². The maximum Gasteiger partial charge on any atom is 0.294 e. The summed E-state index contributed by atoms with van der Waals surface area (Å²) in [4.78, 5) is 25.6. The lowest BCUT2D eigenvalue weighted by Crippen LogP contribution is -2.37. The van der Waals surface area contributed by atoms with Crippen molar-refractivity contribution in [3.8, 4) is 0 Å². The third kappa shape index (κ3) is 2.94. The maximum absolute atomic E-state index is 12.8. The average Bonchev–Trinajstić information content (AvgIpc) is 2.67. The van der Waals surface area contributed by atoms with E-state index in [1.165, 1.54) is 24.3 Å². The molecule has 1 aromatic carbocycles. The predicted molar refractivity (Wildman–Crippen MR) is 65.8 cm³/mol. The molecule has 0 aromatic heterocycles. The van der Waals surface area contributed by atoms with Gasteiger partial charge in [0.2, 0.25) is 5.78 Å². The monoisotopic (exact) mass is 249 g/mol. The van der Waals surface area contributed by atoms with E-state index in [2.05, 4.69) is 0 Å². The van der Waals surface area contributed by atoms with Gasteiger partial charge < -0.3 is 4.90 Å². The van der Waals surface area contributed by atoms with Crippen molar-refractivity contribution in [2.45, 2.75) is 25.7 Å². The first-order valence-corrected chi connectivity index (χ1v) is 6.27. The van der Waals surface area contributed by atoms with E-state index in [9.17, 15) is 14.0 Å². The minimum atomic E-state index is -0.545. The molecule has 1 aromatic rings.